The number of aromatic nitrogens is 2. The summed E-state index contributed by atoms with van der Waals surface area (Å²) in [7, 11) is 1.94. The van der Waals surface area contributed by atoms with Crippen LogP contribution in [0.15, 0.2) is 48.5 Å². The van der Waals surface area contributed by atoms with Gasteiger partial charge in [0.2, 0.25) is 5.88 Å². The minimum absolute atomic E-state index is 0.0967. The van der Waals surface area contributed by atoms with Gasteiger partial charge in [-0.3, -0.25) is 0 Å². The van der Waals surface area contributed by atoms with Gasteiger partial charge in [-0.1, -0.05) is 24.3 Å². The Morgan fingerprint density at radius 3 is 2.57 bits per heavy atom. The molecule has 1 aliphatic heterocycles. The fourth-order valence-electron chi connectivity index (χ4n) is 3.67. The van der Waals surface area contributed by atoms with Gasteiger partial charge in [0.25, 0.3) is 0 Å². The van der Waals surface area contributed by atoms with Crippen LogP contribution in [-0.2, 0) is 6.54 Å². The Balaban J connectivity index is 1.76. The van der Waals surface area contributed by atoms with Crippen molar-refractivity contribution in [2.45, 2.75) is 25.8 Å². The van der Waals surface area contributed by atoms with Crippen LogP contribution >= 0.6 is 0 Å². The number of fused-ring (bicyclic) bond motifs is 1. The Morgan fingerprint density at radius 1 is 1.00 bits per heavy atom. The largest absolute Gasteiger partial charge is 0.434 e. The number of benzene rings is 2. The first kappa shape index (κ1) is 18.5. The number of ether oxygens (including phenoxy) is 1. The lowest BCUT2D eigenvalue weighted by Gasteiger charge is -2.20. The molecular weight excluding hydrogens is 360 g/mol. The number of rotatable bonds is 3. The van der Waals surface area contributed by atoms with Gasteiger partial charge in [-0.25, -0.2) is 8.78 Å². The number of halogens is 2. The molecule has 3 aromatic rings. The van der Waals surface area contributed by atoms with Crippen LogP contribution in [0.2, 0.25) is 0 Å². The van der Waals surface area contributed by atoms with Gasteiger partial charge in [0.05, 0.1) is 5.69 Å². The van der Waals surface area contributed by atoms with Crippen LogP contribution in [0.25, 0.3) is 0 Å². The van der Waals surface area contributed by atoms with Crippen molar-refractivity contribution < 1.29 is 13.5 Å². The molecule has 1 atom stereocenters. The molecule has 28 heavy (non-hydrogen) atoms. The van der Waals surface area contributed by atoms with Gasteiger partial charge in [0.15, 0.2) is 11.6 Å². The molecule has 0 radical (unpaired) electrons. The average molecular weight is 381 g/mol. The Morgan fingerprint density at radius 2 is 1.82 bits per heavy atom. The zero-order valence-electron chi connectivity index (χ0n) is 15.8. The fraction of sp³-hybridized carbons (Fsp3) is 0.273. The third kappa shape index (κ3) is 3.60. The van der Waals surface area contributed by atoms with Crippen molar-refractivity contribution in [2.75, 3.05) is 13.6 Å². The van der Waals surface area contributed by atoms with Crippen LogP contribution in [-0.4, -0.2) is 28.7 Å². The molecule has 1 unspecified atom stereocenters. The van der Waals surface area contributed by atoms with Crippen molar-refractivity contribution >= 4 is 0 Å². The molecule has 0 aliphatic carbocycles. The van der Waals surface area contributed by atoms with E-state index in [1.807, 2.05) is 31.0 Å². The summed E-state index contributed by atoms with van der Waals surface area (Å²) in [6.07, 6.45) is 0.716. The van der Waals surface area contributed by atoms with E-state index in [0.717, 1.165) is 17.8 Å². The molecule has 0 saturated heterocycles. The fourth-order valence-corrected chi connectivity index (χ4v) is 3.67. The van der Waals surface area contributed by atoms with Gasteiger partial charge in [-0.15, -0.1) is 5.10 Å². The number of aryl methyl sites for hydroxylation is 1. The van der Waals surface area contributed by atoms with Crippen molar-refractivity contribution in [3.8, 4) is 11.6 Å². The summed E-state index contributed by atoms with van der Waals surface area (Å²) in [5.41, 5.74) is 2.68. The monoisotopic (exact) mass is 381 g/mol. The van der Waals surface area contributed by atoms with Gasteiger partial charge in [0.1, 0.15) is 5.82 Å². The molecule has 144 valence electrons. The Hall–Kier alpha value is -2.86. The molecule has 0 fully saturated rings. The van der Waals surface area contributed by atoms with E-state index < -0.39 is 5.82 Å². The molecule has 4 nitrogen and oxygen atoms in total. The van der Waals surface area contributed by atoms with Crippen LogP contribution in [0.5, 0.6) is 11.6 Å². The molecule has 0 spiro atoms. The van der Waals surface area contributed by atoms with E-state index in [1.54, 1.807) is 30.3 Å². The second-order valence-corrected chi connectivity index (χ2v) is 7.16. The van der Waals surface area contributed by atoms with Crippen LogP contribution in [0.3, 0.4) is 0 Å². The van der Waals surface area contributed by atoms with Crippen molar-refractivity contribution in [1.82, 2.24) is 15.1 Å². The molecule has 2 aromatic carbocycles. The molecule has 0 bridgehead atoms. The van der Waals surface area contributed by atoms with Crippen LogP contribution in [0, 0.1) is 18.6 Å². The predicted molar refractivity (Wildman–Crippen MR) is 102 cm³/mol. The zero-order valence-corrected chi connectivity index (χ0v) is 15.8. The molecular formula is C22H21F2N3O. The summed E-state index contributed by atoms with van der Waals surface area (Å²) in [5.74, 6) is -0.575. The van der Waals surface area contributed by atoms with Crippen molar-refractivity contribution in [3.05, 3.63) is 82.5 Å². The van der Waals surface area contributed by atoms with Crippen LogP contribution < -0.4 is 4.74 Å². The Labute approximate surface area is 162 Å². The first-order valence-corrected chi connectivity index (χ1v) is 9.25. The smallest absolute Gasteiger partial charge is 0.238 e. The third-order valence-corrected chi connectivity index (χ3v) is 5.12. The second-order valence-electron chi connectivity index (χ2n) is 7.16. The van der Waals surface area contributed by atoms with Gasteiger partial charge in [0, 0.05) is 24.1 Å². The Bertz CT molecular complexity index is 992. The first-order chi connectivity index (χ1) is 13.5. The molecule has 0 saturated carbocycles. The van der Waals surface area contributed by atoms with E-state index in [-0.39, 0.29) is 23.4 Å². The molecule has 6 heteroatoms. The van der Waals surface area contributed by atoms with E-state index in [9.17, 15) is 4.39 Å². The maximum absolute atomic E-state index is 15.4. The average Bonchev–Trinajstić information content (AvgIpc) is 2.85. The van der Waals surface area contributed by atoms with Crippen molar-refractivity contribution in [1.29, 1.82) is 0 Å². The normalized spacial score (nSPS) is 17.1. The molecule has 1 aliphatic rings. The number of nitrogens with zero attached hydrogens (tertiary/aromatic N) is 3. The summed E-state index contributed by atoms with van der Waals surface area (Å²) in [5, 5.41) is 7.87. The van der Waals surface area contributed by atoms with E-state index >= 15 is 4.39 Å². The minimum atomic E-state index is -0.435. The molecule has 4 rings (SSSR count). The van der Waals surface area contributed by atoms with Gasteiger partial charge < -0.3 is 9.64 Å². The number of hydrogen-bond acceptors (Lipinski definition) is 4. The lowest BCUT2D eigenvalue weighted by atomic mass is 9.86. The highest BCUT2D eigenvalue weighted by Crippen LogP contribution is 2.39. The quantitative estimate of drug-likeness (QED) is 0.652. The predicted octanol–water partition coefficient (Wildman–Crippen LogP) is 4.82. The van der Waals surface area contributed by atoms with E-state index in [4.69, 9.17) is 4.74 Å². The summed E-state index contributed by atoms with van der Waals surface area (Å²) in [6.45, 7) is 2.99. The summed E-state index contributed by atoms with van der Waals surface area (Å²) < 4.78 is 35.4. The summed E-state index contributed by atoms with van der Waals surface area (Å²) in [4.78, 5) is 2.04. The van der Waals surface area contributed by atoms with Crippen molar-refractivity contribution in [2.24, 2.45) is 0 Å². The highest BCUT2D eigenvalue weighted by Gasteiger charge is 2.28. The Kier molecular flexibility index (Phi) is 5.05. The topological polar surface area (TPSA) is 38.2 Å². The lowest BCUT2D eigenvalue weighted by Crippen LogP contribution is -2.18. The highest BCUT2D eigenvalue weighted by atomic mass is 19.1. The third-order valence-electron chi connectivity index (χ3n) is 5.12. The summed E-state index contributed by atoms with van der Waals surface area (Å²) >= 11 is 0. The van der Waals surface area contributed by atoms with E-state index in [2.05, 4.69) is 10.2 Å². The maximum Gasteiger partial charge on any atom is 0.238 e. The van der Waals surface area contributed by atoms with Gasteiger partial charge >= 0.3 is 0 Å². The molecule has 2 heterocycles. The van der Waals surface area contributed by atoms with Crippen LogP contribution in [0.1, 0.15) is 34.7 Å². The lowest BCUT2D eigenvalue weighted by molar-refractivity contribution is 0.321. The van der Waals surface area contributed by atoms with Crippen molar-refractivity contribution in [3.63, 3.8) is 0 Å². The van der Waals surface area contributed by atoms with Gasteiger partial charge in [-0.2, -0.15) is 5.10 Å². The maximum atomic E-state index is 15.4. The van der Waals surface area contributed by atoms with Crippen LogP contribution in [0.4, 0.5) is 8.78 Å². The van der Waals surface area contributed by atoms with Gasteiger partial charge in [-0.05, 0) is 56.3 Å². The minimum Gasteiger partial charge on any atom is -0.434 e. The zero-order chi connectivity index (χ0) is 19.7. The molecule has 1 aromatic heterocycles. The highest BCUT2D eigenvalue weighted by molar-refractivity contribution is 5.45. The second kappa shape index (κ2) is 7.64. The SMILES string of the molecule is Cc1ccc(Oc2ccc3c(c2F)CN(C)CCC3c2ccccc2F)nn1. The standard InChI is InChI=1S/C22H21F2N3O/c1-14-7-10-21(26-25-14)28-20-9-8-15-16(17-5-3-4-6-19(17)23)11-12-27(2)13-18(15)22(20)24/h3-10,16H,11-13H2,1-2H3. The van der Waals surface area contributed by atoms with E-state index in [0.29, 0.717) is 24.1 Å². The molecule has 0 amide bonds. The van der Waals surface area contributed by atoms with E-state index in [1.165, 1.54) is 6.07 Å². The summed E-state index contributed by atoms with van der Waals surface area (Å²) in [6, 6.07) is 13.6. The molecule has 0 N–H and O–H groups in total. The first-order valence-electron chi connectivity index (χ1n) is 9.25. The number of hydrogen-bond donors (Lipinski definition) is 0.